The molecule has 86 valence electrons. The standard InChI is InChI=1S/C15H19Cl/c1-5-12(4)6-7-13-8-9-14(16)10-15(13)11(2)3/h6-10,12H,2,5H2,1,3-4H3/b7-6-. The van der Waals surface area contributed by atoms with E-state index in [2.05, 4.69) is 32.6 Å². The van der Waals surface area contributed by atoms with Crippen molar-refractivity contribution >= 4 is 23.3 Å². The van der Waals surface area contributed by atoms with Crippen molar-refractivity contribution in [2.75, 3.05) is 0 Å². The fraction of sp³-hybridized carbons (Fsp3) is 0.333. The molecule has 1 rings (SSSR count). The summed E-state index contributed by atoms with van der Waals surface area (Å²) < 4.78 is 0. The van der Waals surface area contributed by atoms with Crippen molar-refractivity contribution < 1.29 is 0 Å². The summed E-state index contributed by atoms with van der Waals surface area (Å²) in [6, 6.07) is 5.94. The zero-order chi connectivity index (χ0) is 12.1. The Morgan fingerprint density at radius 3 is 2.75 bits per heavy atom. The Bertz CT molecular complexity index is 402. The molecule has 0 N–H and O–H groups in total. The van der Waals surface area contributed by atoms with Gasteiger partial charge in [0, 0.05) is 5.02 Å². The first kappa shape index (κ1) is 13.1. The molecule has 1 heteroatoms. The van der Waals surface area contributed by atoms with Crippen LogP contribution in [0.4, 0.5) is 0 Å². The van der Waals surface area contributed by atoms with Crippen molar-refractivity contribution in [1.82, 2.24) is 0 Å². The minimum Gasteiger partial charge on any atom is -0.0955 e. The largest absolute Gasteiger partial charge is 0.0955 e. The molecule has 0 saturated carbocycles. The Morgan fingerprint density at radius 2 is 2.19 bits per heavy atom. The van der Waals surface area contributed by atoms with E-state index < -0.39 is 0 Å². The highest BCUT2D eigenvalue weighted by atomic mass is 35.5. The van der Waals surface area contributed by atoms with E-state index in [0.717, 1.165) is 22.6 Å². The fourth-order valence-electron chi connectivity index (χ4n) is 1.45. The van der Waals surface area contributed by atoms with Crippen molar-refractivity contribution in [2.24, 2.45) is 5.92 Å². The minimum atomic E-state index is 0.605. The zero-order valence-electron chi connectivity index (χ0n) is 10.3. The maximum atomic E-state index is 5.99. The third-order valence-electron chi connectivity index (χ3n) is 2.72. The first-order chi connectivity index (χ1) is 7.54. The number of hydrogen-bond donors (Lipinski definition) is 0. The average molecular weight is 235 g/mol. The van der Waals surface area contributed by atoms with E-state index in [9.17, 15) is 0 Å². The molecule has 0 radical (unpaired) electrons. The number of rotatable bonds is 4. The fourth-order valence-corrected chi connectivity index (χ4v) is 1.62. The number of hydrogen-bond acceptors (Lipinski definition) is 0. The van der Waals surface area contributed by atoms with Crippen LogP contribution in [0.15, 0.2) is 30.9 Å². The molecule has 0 aliphatic carbocycles. The van der Waals surface area contributed by atoms with Gasteiger partial charge in [0.05, 0.1) is 0 Å². The Hall–Kier alpha value is -1.01. The van der Waals surface area contributed by atoms with E-state index in [1.165, 1.54) is 5.56 Å². The van der Waals surface area contributed by atoms with Gasteiger partial charge in [-0.15, -0.1) is 0 Å². The Morgan fingerprint density at radius 1 is 1.50 bits per heavy atom. The Labute approximate surface area is 104 Å². The molecule has 0 spiro atoms. The van der Waals surface area contributed by atoms with Gasteiger partial charge in [-0.2, -0.15) is 0 Å². The van der Waals surface area contributed by atoms with Crippen LogP contribution in [0.2, 0.25) is 5.02 Å². The summed E-state index contributed by atoms with van der Waals surface area (Å²) in [6.45, 7) is 10.4. The third kappa shape index (κ3) is 3.53. The highest BCUT2D eigenvalue weighted by Gasteiger charge is 2.02. The van der Waals surface area contributed by atoms with Crippen molar-refractivity contribution in [3.63, 3.8) is 0 Å². The third-order valence-corrected chi connectivity index (χ3v) is 2.96. The number of benzene rings is 1. The second-order valence-corrected chi connectivity index (χ2v) is 4.69. The van der Waals surface area contributed by atoms with Gasteiger partial charge in [0.15, 0.2) is 0 Å². The Balaban J connectivity index is 3.04. The van der Waals surface area contributed by atoms with Gasteiger partial charge in [-0.1, -0.05) is 62.2 Å². The van der Waals surface area contributed by atoms with Crippen molar-refractivity contribution in [3.05, 3.63) is 47.0 Å². The lowest BCUT2D eigenvalue weighted by Gasteiger charge is -2.07. The van der Waals surface area contributed by atoms with Crippen molar-refractivity contribution in [3.8, 4) is 0 Å². The zero-order valence-corrected chi connectivity index (χ0v) is 11.0. The molecular formula is C15H19Cl. The lowest BCUT2D eigenvalue weighted by atomic mass is 9.99. The first-order valence-corrected chi connectivity index (χ1v) is 6.06. The van der Waals surface area contributed by atoms with Crippen molar-refractivity contribution in [1.29, 1.82) is 0 Å². The predicted molar refractivity (Wildman–Crippen MR) is 74.6 cm³/mol. The molecule has 0 aliphatic rings. The highest BCUT2D eigenvalue weighted by Crippen LogP contribution is 2.23. The van der Waals surface area contributed by atoms with E-state index >= 15 is 0 Å². The summed E-state index contributed by atoms with van der Waals surface area (Å²) in [4.78, 5) is 0. The average Bonchev–Trinajstić information content (AvgIpc) is 2.26. The maximum Gasteiger partial charge on any atom is 0.0412 e. The monoisotopic (exact) mass is 234 g/mol. The molecule has 0 saturated heterocycles. The molecule has 0 aromatic heterocycles. The Kier molecular flexibility index (Phi) is 4.82. The van der Waals surface area contributed by atoms with Crippen LogP contribution in [-0.2, 0) is 0 Å². The van der Waals surface area contributed by atoms with Crippen LogP contribution in [0, 0.1) is 5.92 Å². The summed E-state index contributed by atoms with van der Waals surface area (Å²) in [5, 5.41) is 0.763. The van der Waals surface area contributed by atoms with Gasteiger partial charge in [0.1, 0.15) is 0 Å². The molecule has 16 heavy (non-hydrogen) atoms. The molecule has 0 aliphatic heterocycles. The van der Waals surface area contributed by atoms with Crippen LogP contribution in [0.25, 0.3) is 11.6 Å². The van der Waals surface area contributed by atoms with Gasteiger partial charge in [-0.25, -0.2) is 0 Å². The number of allylic oxidation sites excluding steroid dienone is 2. The lowest BCUT2D eigenvalue weighted by Crippen LogP contribution is -1.88. The van der Waals surface area contributed by atoms with E-state index in [0.29, 0.717) is 5.92 Å². The molecule has 0 fully saturated rings. The van der Waals surface area contributed by atoms with E-state index in [-0.39, 0.29) is 0 Å². The van der Waals surface area contributed by atoms with Crippen LogP contribution in [0.5, 0.6) is 0 Å². The maximum absolute atomic E-state index is 5.99. The van der Waals surface area contributed by atoms with Crippen molar-refractivity contribution in [2.45, 2.75) is 27.2 Å². The molecule has 0 bridgehead atoms. The predicted octanol–water partition coefficient (Wildman–Crippen LogP) is 5.43. The smallest absolute Gasteiger partial charge is 0.0412 e. The topological polar surface area (TPSA) is 0 Å². The van der Waals surface area contributed by atoms with Crippen LogP contribution in [0.1, 0.15) is 38.3 Å². The summed E-state index contributed by atoms with van der Waals surface area (Å²) in [7, 11) is 0. The number of halogens is 1. The van der Waals surface area contributed by atoms with Gasteiger partial charge in [0.2, 0.25) is 0 Å². The van der Waals surface area contributed by atoms with Gasteiger partial charge in [0.25, 0.3) is 0 Å². The molecule has 1 aromatic carbocycles. The van der Waals surface area contributed by atoms with Gasteiger partial charge in [-0.05, 0) is 36.1 Å². The van der Waals surface area contributed by atoms with Crippen LogP contribution in [-0.4, -0.2) is 0 Å². The quantitative estimate of drug-likeness (QED) is 0.652. The molecule has 1 atom stereocenters. The molecular weight excluding hydrogens is 216 g/mol. The summed E-state index contributed by atoms with van der Waals surface area (Å²) in [5.74, 6) is 0.605. The van der Waals surface area contributed by atoms with E-state index in [4.69, 9.17) is 11.6 Å². The SMILES string of the molecule is C=C(C)c1cc(Cl)ccc1/C=C\C(C)CC. The second kappa shape index (κ2) is 5.91. The van der Waals surface area contributed by atoms with Gasteiger partial charge in [-0.3, -0.25) is 0 Å². The van der Waals surface area contributed by atoms with Gasteiger partial charge >= 0.3 is 0 Å². The molecule has 0 amide bonds. The molecule has 1 aromatic rings. The summed E-state index contributed by atoms with van der Waals surface area (Å²) >= 11 is 5.99. The van der Waals surface area contributed by atoms with E-state index in [1.54, 1.807) is 0 Å². The first-order valence-electron chi connectivity index (χ1n) is 5.68. The van der Waals surface area contributed by atoms with E-state index in [1.807, 2.05) is 25.1 Å². The lowest BCUT2D eigenvalue weighted by molar-refractivity contribution is 0.701. The van der Waals surface area contributed by atoms with Gasteiger partial charge < -0.3 is 0 Å². The van der Waals surface area contributed by atoms with Crippen LogP contribution >= 0.6 is 11.6 Å². The minimum absolute atomic E-state index is 0.605. The van der Waals surface area contributed by atoms with Crippen LogP contribution in [0.3, 0.4) is 0 Å². The summed E-state index contributed by atoms with van der Waals surface area (Å²) in [5.41, 5.74) is 3.37. The molecule has 0 heterocycles. The summed E-state index contributed by atoms with van der Waals surface area (Å²) in [6.07, 6.45) is 5.55. The highest BCUT2D eigenvalue weighted by molar-refractivity contribution is 6.30. The normalized spacial score (nSPS) is 13.0. The second-order valence-electron chi connectivity index (χ2n) is 4.26. The molecule has 1 unspecified atom stereocenters. The van der Waals surface area contributed by atoms with Crippen LogP contribution < -0.4 is 0 Å². The molecule has 0 nitrogen and oxygen atoms in total.